The Balaban J connectivity index is 2.44. The largest absolute Gasteiger partial charge is 0.497 e. The molecule has 2 rings (SSSR count). The van der Waals surface area contributed by atoms with Gasteiger partial charge in [0.15, 0.2) is 0 Å². The van der Waals surface area contributed by atoms with Crippen molar-refractivity contribution in [1.29, 1.82) is 0 Å². The van der Waals surface area contributed by atoms with Gasteiger partial charge in [-0.1, -0.05) is 22.0 Å². The van der Waals surface area contributed by atoms with E-state index in [2.05, 4.69) is 21.2 Å². The maximum absolute atomic E-state index is 11.4. The first-order valence-electron chi connectivity index (χ1n) is 5.81. The molecule has 2 aromatic carbocycles. The molecule has 104 valence electrons. The van der Waals surface area contributed by atoms with Crippen LogP contribution in [0.2, 0.25) is 0 Å². The summed E-state index contributed by atoms with van der Waals surface area (Å²) in [4.78, 5) is 11.4. The molecule has 0 bridgehead atoms. The van der Waals surface area contributed by atoms with Crippen LogP contribution in [0.5, 0.6) is 5.75 Å². The van der Waals surface area contributed by atoms with E-state index in [1.54, 1.807) is 31.4 Å². The summed E-state index contributed by atoms with van der Waals surface area (Å²) in [6.07, 6.45) is 0. The lowest BCUT2D eigenvalue weighted by Crippen LogP contribution is -2.14. The number of halogens is 1. The molecule has 0 spiro atoms. The number of methoxy groups -OCH3 is 1. The minimum Gasteiger partial charge on any atom is -0.497 e. The van der Waals surface area contributed by atoms with Crippen LogP contribution in [-0.2, 0) is 0 Å². The van der Waals surface area contributed by atoms with Crippen molar-refractivity contribution < 1.29 is 9.53 Å². The number of carbonyl (C=O) groups is 1. The Bertz CT molecular complexity index is 659. The van der Waals surface area contributed by atoms with Gasteiger partial charge in [-0.3, -0.25) is 4.79 Å². The molecule has 5 nitrogen and oxygen atoms in total. The Labute approximate surface area is 125 Å². The molecule has 0 saturated carbocycles. The summed E-state index contributed by atoms with van der Waals surface area (Å²) in [6, 6.07) is 10.5. The molecule has 2 aromatic rings. The van der Waals surface area contributed by atoms with Gasteiger partial charge in [0, 0.05) is 16.2 Å². The molecule has 0 atom stereocenters. The SMILES string of the molecule is COc1cc(Br)cc(Nc2c(N)cccc2C(N)=O)c1. The lowest BCUT2D eigenvalue weighted by atomic mass is 10.1. The number of hydrogen-bond acceptors (Lipinski definition) is 4. The fraction of sp³-hybridized carbons (Fsp3) is 0.0714. The lowest BCUT2D eigenvalue weighted by Gasteiger charge is -2.14. The first-order valence-corrected chi connectivity index (χ1v) is 6.60. The minimum atomic E-state index is -0.540. The van der Waals surface area contributed by atoms with Crippen LogP contribution in [0.4, 0.5) is 17.1 Å². The van der Waals surface area contributed by atoms with Crippen LogP contribution in [0, 0.1) is 0 Å². The van der Waals surface area contributed by atoms with Crippen molar-refractivity contribution in [3.8, 4) is 5.75 Å². The lowest BCUT2D eigenvalue weighted by molar-refractivity contribution is 0.100. The van der Waals surface area contributed by atoms with Crippen molar-refractivity contribution in [2.24, 2.45) is 5.73 Å². The second kappa shape index (κ2) is 5.83. The Morgan fingerprint density at radius 2 is 2.05 bits per heavy atom. The highest BCUT2D eigenvalue weighted by atomic mass is 79.9. The minimum absolute atomic E-state index is 0.337. The van der Waals surface area contributed by atoms with Gasteiger partial charge in [-0.2, -0.15) is 0 Å². The van der Waals surface area contributed by atoms with Crippen LogP contribution in [0.3, 0.4) is 0 Å². The topological polar surface area (TPSA) is 90.4 Å². The molecule has 0 aliphatic rings. The first kappa shape index (κ1) is 14.2. The number of hydrogen-bond donors (Lipinski definition) is 3. The number of carbonyl (C=O) groups excluding carboxylic acids is 1. The molecule has 0 unspecified atom stereocenters. The zero-order valence-corrected chi connectivity index (χ0v) is 12.4. The van der Waals surface area contributed by atoms with Crippen LogP contribution >= 0.6 is 15.9 Å². The average molecular weight is 336 g/mol. The first-order chi connectivity index (χ1) is 9.51. The van der Waals surface area contributed by atoms with Crippen molar-refractivity contribution in [2.75, 3.05) is 18.2 Å². The summed E-state index contributed by atoms with van der Waals surface area (Å²) in [7, 11) is 1.58. The van der Waals surface area contributed by atoms with E-state index >= 15 is 0 Å². The Morgan fingerprint density at radius 3 is 2.70 bits per heavy atom. The van der Waals surface area contributed by atoms with E-state index in [0.29, 0.717) is 22.7 Å². The van der Waals surface area contributed by atoms with Gasteiger partial charge in [0.2, 0.25) is 0 Å². The van der Waals surface area contributed by atoms with Crippen molar-refractivity contribution in [2.45, 2.75) is 0 Å². The number of anilines is 3. The predicted octanol–water partition coefficient (Wildman–Crippen LogP) is 2.88. The Morgan fingerprint density at radius 1 is 1.30 bits per heavy atom. The predicted molar refractivity (Wildman–Crippen MR) is 83.3 cm³/mol. The molecule has 6 heteroatoms. The zero-order valence-electron chi connectivity index (χ0n) is 10.8. The molecule has 0 aromatic heterocycles. The van der Waals surface area contributed by atoms with E-state index in [1.807, 2.05) is 12.1 Å². The summed E-state index contributed by atoms with van der Waals surface area (Å²) in [5, 5.41) is 3.10. The number of nitrogens with two attached hydrogens (primary N) is 2. The monoisotopic (exact) mass is 335 g/mol. The number of benzene rings is 2. The molecule has 20 heavy (non-hydrogen) atoms. The maximum Gasteiger partial charge on any atom is 0.250 e. The third-order valence-corrected chi connectivity index (χ3v) is 3.20. The van der Waals surface area contributed by atoms with Crippen molar-refractivity contribution in [3.05, 3.63) is 46.4 Å². The highest BCUT2D eigenvalue weighted by Gasteiger charge is 2.11. The van der Waals surface area contributed by atoms with Crippen LogP contribution in [0.1, 0.15) is 10.4 Å². The number of nitrogen functional groups attached to an aromatic ring is 1. The standard InChI is InChI=1S/C14H14BrN3O2/c1-20-10-6-8(15)5-9(7-10)18-13-11(14(17)19)3-2-4-12(13)16/h2-7,18H,16H2,1H3,(H2,17,19). The molecular formula is C14H14BrN3O2. The van der Waals surface area contributed by atoms with Crippen LogP contribution in [0.25, 0.3) is 0 Å². The fourth-order valence-corrected chi connectivity index (χ4v) is 2.28. The zero-order chi connectivity index (χ0) is 14.7. The molecule has 0 fully saturated rings. The number of rotatable bonds is 4. The fourth-order valence-electron chi connectivity index (χ4n) is 1.81. The van der Waals surface area contributed by atoms with Crippen molar-refractivity contribution in [1.82, 2.24) is 0 Å². The second-order valence-electron chi connectivity index (χ2n) is 4.14. The van der Waals surface area contributed by atoms with Crippen LogP contribution in [-0.4, -0.2) is 13.0 Å². The van der Waals surface area contributed by atoms with E-state index in [-0.39, 0.29) is 0 Å². The average Bonchev–Trinajstić information content (AvgIpc) is 2.40. The Kier molecular flexibility index (Phi) is 4.14. The Hall–Kier alpha value is -2.21. The van der Waals surface area contributed by atoms with E-state index in [1.165, 1.54) is 0 Å². The second-order valence-corrected chi connectivity index (χ2v) is 5.05. The van der Waals surface area contributed by atoms with Crippen molar-refractivity contribution >= 4 is 38.9 Å². The quantitative estimate of drug-likeness (QED) is 0.749. The third-order valence-electron chi connectivity index (χ3n) is 2.74. The number of nitrogens with one attached hydrogen (secondary N) is 1. The molecule has 0 radical (unpaired) electrons. The number of primary amides is 1. The summed E-state index contributed by atoms with van der Waals surface area (Å²) < 4.78 is 6.03. The summed E-state index contributed by atoms with van der Waals surface area (Å²) in [6.45, 7) is 0. The van der Waals surface area contributed by atoms with Gasteiger partial charge in [-0.15, -0.1) is 0 Å². The molecular weight excluding hydrogens is 322 g/mol. The summed E-state index contributed by atoms with van der Waals surface area (Å²) in [5.41, 5.74) is 13.3. The summed E-state index contributed by atoms with van der Waals surface area (Å²) >= 11 is 3.39. The molecule has 1 amide bonds. The van der Waals surface area contributed by atoms with E-state index in [4.69, 9.17) is 16.2 Å². The smallest absolute Gasteiger partial charge is 0.250 e. The van der Waals surface area contributed by atoms with Crippen LogP contribution in [0.15, 0.2) is 40.9 Å². The van der Waals surface area contributed by atoms with Gasteiger partial charge >= 0.3 is 0 Å². The van der Waals surface area contributed by atoms with Gasteiger partial charge in [0.05, 0.1) is 24.0 Å². The normalized spacial score (nSPS) is 10.1. The highest BCUT2D eigenvalue weighted by Crippen LogP contribution is 2.31. The number of ether oxygens (including phenoxy) is 1. The van der Waals surface area contributed by atoms with E-state index in [0.717, 1.165) is 10.2 Å². The molecule has 0 aliphatic carbocycles. The van der Waals surface area contributed by atoms with E-state index < -0.39 is 5.91 Å². The van der Waals surface area contributed by atoms with Gasteiger partial charge in [0.25, 0.3) is 5.91 Å². The number of para-hydroxylation sites is 1. The van der Waals surface area contributed by atoms with Gasteiger partial charge in [-0.05, 0) is 24.3 Å². The summed E-state index contributed by atoms with van der Waals surface area (Å²) in [5.74, 6) is 0.138. The maximum atomic E-state index is 11.4. The molecule has 0 saturated heterocycles. The van der Waals surface area contributed by atoms with Gasteiger partial charge in [0.1, 0.15) is 5.75 Å². The van der Waals surface area contributed by atoms with Gasteiger partial charge < -0.3 is 21.5 Å². The van der Waals surface area contributed by atoms with Crippen molar-refractivity contribution in [3.63, 3.8) is 0 Å². The van der Waals surface area contributed by atoms with E-state index in [9.17, 15) is 4.79 Å². The molecule has 0 aliphatic heterocycles. The molecule has 0 heterocycles. The number of amides is 1. The highest BCUT2D eigenvalue weighted by molar-refractivity contribution is 9.10. The van der Waals surface area contributed by atoms with Crippen LogP contribution < -0.4 is 21.5 Å². The van der Waals surface area contributed by atoms with Gasteiger partial charge in [-0.25, -0.2) is 0 Å². The third kappa shape index (κ3) is 3.03. The molecule has 5 N–H and O–H groups in total.